The number of rotatable bonds is 5. The van der Waals surface area contributed by atoms with Gasteiger partial charge in [-0.15, -0.1) is 11.3 Å². The molecule has 0 amide bonds. The van der Waals surface area contributed by atoms with Crippen LogP contribution in [0, 0.1) is 0 Å². The molecule has 20 heavy (non-hydrogen) atoms. The van der Waals surface area contributed by atoms with Crippen molar-refractivity contribution in [2.24, 2.45) is 5.73 Å². The van der Waals surface area contributed by atoms with Crippen LogP contribution >= 0.6 is 22.9 Å². The van der Waals surface area contributed by atoms with Crippen LogP contribution in [0.2, 0.25) is 4.34 Å². The Hall–Kier alpha value is -1.27. The molecule has 0 spiro atoms. The third-order valence-electron chi connectivity index (χ3n) is 3.01. The molecule has 6 heteroatoms. The maximum absolute atomic E-state index is 5.93. The standard InChI is InChI=1S/C14H14ClNO3S/c15-14-4-3-13(20-14)12(6-16)17-7-9-1-2-10-11(5-9)19-8-18-10/h1-5,12H,6-8,16H2. The Kier molecular flexibility index (Phi) is 4.12. The van der Waals surface area contributed by atoms with Crippen LogP contribution in [0.3, 0.4) is 0 Å². The van der Waals surface area contributed by atoms with Crippen LogP contribution in [0.25, 0.3) is 0 Å². The summed E-state index contributed by atoms with van der Waals surface area (Å²) in [6.45, 7) is 1.16. The Labute approximate surface area is 126 Å². The minimum absolute atomic E-state index is 0.141. The molecule has 1 aliphatic rings. The van der Waals surface area contributed by atoms with E-state index < -0.39 is 0 Å². The first-order valence-electron chi connectivity index (χ1n) is 6.21. The van der Waals surface area contributed by atoms with E-state index in [0.717, 1.165) is 26.3 Å². The average Bonchev–Trinajstić information content (AvgIpc) is 3.08. The third kappa shape index (κ3) is 2.91. The molecule has 2 N–H and O–H groups in total. The number of benzene rings is 1. The summed E-state index contributed by atoms with van der Waals surface area (Å²) in [5.41, 5.74) is 6.79. The van der Waals surface area contributed by atoms with Gasteiger partial charge in [-0.25, -0.2) is 0 Å². The Morgan fingerprint density at radius 3 is 2.85 bits per heavy atom. The zero-order chi connectivity index (χ0) is 13.9. The van der Waals surface area contributed by atoms with Gasteiger partial charge in [-0.2, -0.15) is 0 Å². The highest BCUT2D eigenvalue weighted by atomic mass is 35.5. The smallest absolute Gasteiger partial charge is 0.231 e. The van der Waals surface area contributed by atoms with Crippen molar-refractivity contribution in [1.82, 2.24) is 0 Å². The number of ether oxygens (including phenoxy) is 3. The van der Waals surface area contributed by atoms with E-state index in [1.54, 1.807) is 0 Å². The fourth-order valence-corrected chi connectivity index (χ4v) is 3.12. The predicted molar refractivity (Wildman–Crippen MR) is 78.5 cm³/mol. The van der Waals surface area contributed by atoms with Crippen LogP contribution in [-0.4, -0.2) is 13.3 Å². The molecular weight excluding hydrogens is 298 g/mol. The molecule has 0 aliphatic carbocycles. The number of nitrogens with two attached hydrogens (primary N) is 1. The van der Waals surface area contributed by atoms with Gasteiger partial charge < -0.3 is 19.9 Å². The molecule has 4 nitrogen and oxygen atoms in total. The maximum Gasteiger partial charge on any atom is 0.231 e. The summed E-state index contributed by atoms with van der Waals surface area (Å²) in [7, 11) is 0. The highest BCUT2D eigenvalue weighted by molar-refractivity contribution is 7.16. The highest BCUT2D eigenvalue weighted by Gasteiger charge is 2.16. The maximum atomic E-state index is 5.93. The normalized spacial score (nSPS) is 14.5. The van der Waals surface area contributed by atoms with Gasteiger partial charge in [0.25, 0.3) is 0 Å². The summed E-state index contributed by atoms with van der Waals surface area (Å²) >= 11 is 7.43. The summed E-state index contributed by atoms with van der Waals surface area (Å²) in [5, 5.41) is 0. The quantitative estimate of drug-likeness (QED) is 0.920. The second-order valence-corrected chi connectivity index (χ2v) is 6.11. The van der Waals surface area contributed by atoms with Crippen molar-refractivity contribution in [3.05, 3.63) is 45.1 Å². The van der Waals surface area contributed by atoms with Gasteiger partial charge >= 0.3 is 0 Å². The van der Waals surface area contributed by atoms with Gasteiger partial charge in [0, 0.05) is 11.4 Å². The lowest BCUT2D eigenvalue weighted by molar-refractivity contribution is 0.0479. The van der Waals surface area contributed by atoms with Crippen molar-refractivity contribution >= 4 is 22.9 Å². The molecule has 1 atom stereocenters. The van der Waals surface area contributed by atoms with Crippen molar-refractivity contribution < 1.29 is 14.2 Å². The summed E-state index contributed by atoms with van der Waals surface area (Å²) in [6.07, 6.45) is -0.141. The Morgan fingerprint density at radius 2 is 2.10 bits per heavy atom. The first-order chi connectivity index (χ1) is 9.76. The van der Waals surface area contributed by atoms with E-state index in [1.807, 2.05) is 30.3 Å². The Morgan fingerprint density at radius 1 is 1.25 bits per heavy atom. The molecule has 3 rings (SSSR count). The lowest BCUT2D eigenvalue weighted by Crippen LogP contribution is -2.14. The highest BCUT2D eigenvalue weighted by Crippen LogP contribution is 2.33. The predicted octanol–water partition coefficient (Wildman–Crippen LogP) is 3.35. The molecule has 1 aromatic carbocycles. The molecule has 1 aliphatic heterocycles. The van der Waals surface area contributed by atoms with Crippen molar-refractivity contribution in [3.63, 3.8) is 0 Å². The lowest BCUT2D eigenvalue weighted by atomic mass is 10.2. The van der Waals surface area contributed by atoms with E-state index in [9.17, 15) is 0 Å². The molecule has 2 heterocycles. The van der Waals surface area contributed by atoms with E-state index >= 15 is 0 Å². The zero-order valence-electron chi connectivity index (χ0n) is 10.7. The van der Waals surface area contributed by atoms with E-state index in [1.165, 1.54) is 11.3 Å². The molecule has 0 saturated carbocycles. The second-order valence-electron chi connectivity index (χ2n) is 4.36. The monoisotopic (exact) mass is 311 g/mol. The van der Waals surface area contributed by atoms with E-state index in [4.69, 9.17) is 31.5 Å². The number of hydrogen-bond donors (Lipinski definition) is 1. The largest absolute Gasteiger partial charge is 0.454 e. The first-order valence-corrected chi connectivity index (χ1v) is 7.41. The van der Waals surface area contributed by atoms with Crippen LogP contribution in [0.1, 0.15) is 16.5 Å². The third-order valence-corrected chi connectivity index (χ3v) is 4.34. The van der Waals surface area contributed by atoms with Gasteiger partial charge in [-0.05, 0) is 29.8 Å². The SMILES string of the molecule is NCC(OCc1ccc2c(c1)OCO2)c1ccc(Cl)s1. The van der Waals surface area contributed by atoms with Gasteiger partial charge in [-0.3, -0.25) is 0 Å². The summed E-state index contributed by atoms with van der Waals surface area (Å²) in [4.78, 5) is 1.04. The molecule has 1 unspecified atom stereocenters. The van der Waals surface area contributed by atoms with Crippen molar-refractivity contribution in [3.8, 4) is 11.5 Å². The number of fused-ring (bicyclic) bond motifs is 1. The molecule has 0 radical (unpaired) electrons. The van der Waals surface area contributed by atoms with Crippen LogP contribution in [0.5, 0.6) is 11.5 Å². The van der Waals surface area contributed by atoms with Gasteiger partial charge in [0.05, 0.1) is 10.9 Å². The topological polar surface area (TPSA) is 53.7 Å². The van der Waals surface area contributed by atoms with Crippen molar-refractivity contribution in [1.29, 1.82) is 0 Å². The van der Waals surface area contributed by atoms with Crippen molar-refractivity contribution in [2.45, 2.75) is 12.7 Å². The minimum Gasteiger partial charge on any atom is -0.454 e. The fourth-order valence-electron chi connectivity index (χ4n) is 2.00. The van der Waals surface area contributed by atoms with Crippen LogP contribution in [-0.2, 0) is 11.3 Å². The van der Waals surface area contributed by atoms with Crippen LogP contribution in [0.4, 0.5) is 0 Å². The minimum atomic E-state index is -0.141. The molecule has 0 saturated heterocycles. The molecular formula is C14H14ClNO3S. The van der Waals surface area contributed by atoms with E-state index in [-0.39, 0.29) is 12.9 Å². The summed E-state index contributed by atoms with van der Waals surface area (Å²) in [6, 6.07) is 9.58. The molecule has 0 bridgehead atoms. The van der Waals surface area contributed by atoms with Gasteiger partial charge in [-0.1, -0.05) is 17.7 Å². The molecule has 0 fully saturated rings. The van der Waals surface area contributed by atoms with Gasteiger partial charge in [0.15, 0.2) is 11.5 Å². The second kappa shape index (κ2) is 6.01. The Balaban J connectivity index is 1.66. The van der Waals surface area contributed by atoms with Crippen LogP contribution < -0.4 is 15.2 Å². The number of hydrogen-bond acceptors (Lipinski definition) is 5. The number of thiophene rings is 1. The first kappa shape index (κ1) is 13.7. The van der Waals surface area contributed by atoms with E-state index in [0.29, 0.717) is 13.2 Å². The lowest BCUT2D eigenvalue weighted by Gasteiger charge is -2.14. The number of halogens is 1. The molecule has 1 aromatic heterocycles. The Bertz CT molecular complexity index is 602. The summed E-state index contributed by atoms with van der Waals surface area (Å²) < 4.78 is 17.2. The van der Waals surface area contributed by atoms with Crippen LogP contribution in [0.15, 0.2) is 30.3 Å². The zero-order valence-corrected chi connectivity index (χ0v) is 12.2. The molecule has 2 aromatic rings. The fraction of sp³-hybridized carbons (Fsp3) is 0.286. The summed E-state index contributed by atoms with van der Waals surface area (Å²) in [5.74, 6) is 1.53. The molecule has 106 valence electrons. The average molecular weight is 312 g/mol. The van der Waals surface area contributed by atoms with Gasteiger partial charge in [0.1, 0.15) is 6.10 Å². The van der Waals surface area contributed by atoms with Crippen molar-refractivity contribution in [2.75, 3.05) is 13.3 Å². The van der Waals surface area contributed by atoms with E-state index in [2.05, 4.69) is 0 Å². The van der Waals surface area contributed by atoms with Gasteiger partial charge in [0.2, 0.25) is 6.79 Å².